The molecule has 6 heteroatoms. The molecule has 0 unspecified atom stereocenters. The quantitative estimate of drug-likeness (QED) is 0.542. The fraction of sp³-hybridized carbons (Fsp3) is 0.300. The number of carbonyl (C=O) groups excluding carboxylic acids is 1. The van der Waals surface area contributed by atoms with Crippen LogP contribution in [0.1, 0.15) is 20.3 Å². The Kier molecular flexibility index (Phi) is 7.89. The highest BCUT2D eigenvalue weighted by atomic mass is 32.1. The first kappa shape index (κ1) is 19.7. The molecular weight excluding hydrogens is 348 g/mol. The van der Waals surface area contributed by atoms with E-state index >= 15 is 0 Å². The number of hydrogen-bond acceptors (Lipinski definition) is 4. The molecule has 2 aromatic rings. The van der Waals surface area contributed by atoms with E-state index in [0.29, 0.717) is 31.1 Å². The topological polar surface area (TPSA) is 59.6 Å². The molecule has 5 nitrogen and oxygen atoms in total. The third-order valence-corrected chi connectivity index (χ3v) is 3.54. The summed E-state index contributed by atoms with van der Waals surface area (Å²) < 4.78 is 11.4. The molecule has 2 aromatic carbocycles. The Morgan fingerprint density at radius 2 is 1.65 bits per heavy atom. The zero-order valence-corrected chi connectivity index (χ0v) is 15.8. The van der Waals surface area contributed by atoms with Crippen LogP contribution in [0.2, 0.25) is 0 Å². The van der Waals surface area contributed by atoms with Crippen LogP contribution in [-0.2, 0) is 4.79 Å². The zero-order chi connectivity index (χ0) is 18.8. The Labute approximate surface area is 159 Å². The summed E-state index contributed by atoms with van der Waals surface area (Å²) in [5.41, 5.74) is 0.696. The van der Waals surface area contributed by atoms with Gasteiger partial charge in [-0.25, -0.2) is 0 Å². The number of thiocarbonyl (C=S) groups is 1. The molecule has 26 heavy (non-hydrogen) atoms. The van der Waals surface area contributed by atoms with Crippen molar-refractivity contribution >= 4 is 28.9 Å². The van der Waals surface area contributed by atoms with Gasteiger partial charge in [-0.3, -0.25) is 4.79 Å². The number of hydrogen-bond donors (Lipinski definition) is 2. The highest BCUT2D eigenvalue weighted by molar-refractivity contribution is 7.80. The normalized spacial score (nSPS) is 10.3. The van der Waals surface area contributed by atoms with Crippen molar-refractivity contribution in [3.8, 4) is 11.5 Å². The van der Waals surface area contributed by atoms with Crippen LogP contribution in [0.3, 0.4) is 0 Å². The van der Waals surface area contributed by atoms with Gasteiger partial charge in [0, 0.05) is 6.42 Å². The van der Waals surface area contributed by atoms with Crippen molar-refractivity contribution in [1.82, 2.24) is 5.32 Å². The molecule has 1 amide bonds. The molecule has 0 bridgehead atoms. The van der Waals surface area contributed by atoms with Gasteiger partial charge >= 0.3 is 0 Å². The van der Waals surface area contributed by atoms with E-state index in [2.05, 4.69) is 10.6 Å². The summed E-state index contributed by atoms with van der Waals surface area (Å²) in [6, 6.07) is 17.0. The molecule has 0 heterocycles. The van der Waals surface area contributed by atoms with Crippen molar-refractivity contribution < 1.29 is 14.3 Å². The van der Waals surface area contributed by atoms with Gasteiger partial charge in [0.15, 0.2) is 5.11 Å². The van der Waals surface area contributed by atoms with Crippen LogP contribution in [0.4, 0.5) is 5.69 Å². The average Bonchev–Trinajstić information content (AvgIpc) is 2.60. The monoisotopic (exact) mass is 372 g/mol. The number of nitrogens with one attached hydrogen (secondary N) is 2. The number of rotatable bonds is 8. The molecule has 0 aromatic heterocycles. The molecule has 0 spiro atoms. The number of para-hydroxylation sites is 3. The lowest BCUT2D eigenvalue weighted by molar-refractivity contribution is -0.120. The van der Waals surface area contributed by atoms with Gasteiger partial charge < -0.3 is 20.1 Å². The van der Waals surface area contributed by atoms with Gasteiger partial charge in [-0.05, 0) is 42.4 Å². The summed E-state index contributed by atoms with van der Waals surface area (Å²) in [7, 11) is 0. The second kappa shape index (κ2) is 10.4. The summed E-state index contributed by atoms with van der Waals surface area (Å²) in [5, 5.41) is 5.94. The number of benzene rings is 2. The first-order valence-electron chi connectivity index (χ1n) is 8.55. The van der Waals surface area contributed by atoms with E-state index < -0.39 is 0 Å². The Morgan fingerprint density at radius 3 is 2.38 bits per heavy atom. The lowest BCUT2D eigenvalue weighted by atomic mass is 10.1. The standard InChI is InChI=1S/C20H24N2O3S/c1-15(2)14-19(23)22-20(26)21-17-10-6-7-11-18(17)25-13-12-24-16-8-4-3-5-9-16/h3-11,15H,12-14H2,1-2H3,(H2,21,22,23,26). The van der Waals surface area contributed by atoms with Gasteiger partial charge in [0.05, 0.1) is 5.69 Å². The predicted molar refractivity (Wildman–Crippen MR) is 108 cm³/mol. The lowest BCUT2D eigenvalue weighted by Gasteiger charge is -2.15. The van der Waals surface area contributed by atoms with Crippen LogP contribution in [0, 0.1) is 5.92 Å². The summed E-state index contributed by atoms with van der Waals surface area (Å²) in [6.07, 6.45) is 0.427. The molecular formula is C20H24N2O3S. The molecule has 0 radical (unpaired) electrons. The molecule has 2 rings (SSSR count). The maximum Gasteiger partial charge on any atom is 0.226 e. The highest BCUT2D eigenvalue weighted by Crippen LogP contribution is 2.23. The van der Waals surface area contributed by atoms with Crippen molar-refractivity contribution in [2.45, 2.75) is 20.3 Å². The first-order chi connectivity index (χ1) is 12.5. The van der Waals surface area contributed by atoms with E-state index in [1.165, 1.54) is 0 Å². The van der Waals surface area contributed by atoms with Crippen molar-refractivity contribution in [3.63, 3.8) is 0 Å². The molecule has 0 aliphatic rings. The summed E-state index contributed by atoms with van der Waals surface area (Å²) in [5.74, 6) is 1.62. The van der Waals surface area contributed by atoms with Crippen LogP contribution in [0.25, 0.3) is 0 Å². The van der Waals surface area contributed by atoms with E-state index in [0.717, 1.165) is 5.75 Å². The first-order valence-corrected chi connectivity index (χ1v) is 8.96. The molecule has 0 atom stereocenters. The summed E-state index contributed by atoms with van der Waals surface area (Å²) >= 11 is 5.20. The average molecular weight is 372 g/mol. The van der Waals surface area contributed by atoms with Crippen LogP contribution < -0.4 is 20.1 Å². The van der Waals surface area contributed by atoms with Crippen LogP contribution >= 0.6 is 12.2 Å². The fourth-order valence-electron chi connectivity index (χ4n) is 2.23. The van der Waals surface area contributed by atoms with Crippen LogP contribution in [0.15, 0.2) is 54.6 Å². The Bertz CT molecular complexity index is 720. The third-order valence-electron chi connectivity index (χ3n) is 3.33. The number of anilines is 1. The maximum absolute atomic E-state index is 11.8. The van der Waals surface area contributed by atoms with Crippen LogP contribution in [0.5, 0.6) is 11.5 Å². The van der Waals surface area contributed by atoms with E-state index in [-0.39, 0.29) is 16.9 Å². The van der Waals surface area contributed by atoms with Gasteiger partial charge in [-0.1, -0.05) is 44.2 Å². The van der Waals surface area contributed by atoms with E-state index in [4.69, 9.17) is 21.7 Å². The second-order valence-electron chi connectivity index (χ2n) is 6.11. The molecule has 0 saturated heterocycles. The minimum absolute atomic E-state index is 0.104. The van der Waals surface area contributed by atoms with Crippen molar-refractivity contribution in [3.05, 3.63) is 54.6 Å². The molecule has 0 saturated carbocycles. The van der Waals surface area contributed by atoms with Crippen LogP contribution in [-0.4, -0.2) is 24.2 Å². The SMILES string of the molecule is CC(C)CC(=O)NC(=S)Nc1ccccc1OCCOc1ccccc1. The van der Waals surface area contributed by atoms with Gasteiger partial charge in [0.2, 0.25) is 5.91 Å². The van der Waals surface area contributed by atoms with E-state index in [1.807, 2.05) is 68.4 Å². The van der Waals surface area contributed by atoms with Crippen molar-refractivity contribution in [2.24, 2.45) is 5.92 Å². The second-order valence-corrected chi connectivity index (χ2v) is 6.51. The van der Waals surface area contributed by atoms with Crippen molar-refractivity contribution in [2.75, 3.05) is 18.5 Å². The van der Waals surface area contributed by atoms with Gasteiger partial charge in [0.25, 0.3) is 0 Å². The number of ether oxygens (including phenoxy) is 2. The van der Waals surface area contributed by atoms with E-state index in [1.54, 1.807) is 0 Å². The highest BCUT2D eigenvalue weighted by Gasteiger charge is 2.09. The molecule has 0 aliphatic carbocycles. The molecule has 138 valence electrons. The Balaban J connectivity index is 1.83. The Morgan fingerprint density at radius 1 is 1.00 bits per heavy atom. The molecule has 2 N–H and O–H groups in total. The summed E-state index contributed by atoms with van der Waals surface area (Å²) in [6.45, 7) is 4.78. The zero-order valence-electron chi connectivity index (χ0n) is 15.0. The largest absolute Gasteiger partial charge is 0.490 e. The number of carbonyl (C=O) groups is 1. The number of amides is 1. The summed E-state index contributed by atoms with van der Waals surface area (Å²) in [4.78, 5) is 11.8. The smallest absolute Gasteiger partial charge is 0.226 e. The third kappa shape index (κ3) is 7.11. The van der Waals surface area contributed by atoms with E-state index in [9.17, 15) is 4.79 Å². The predicted octanol–water partition coefficient (Wildman–Crippen LogP) is 4.00. The minimum Gasteiger partial charge on any atom is -0.490 e. The maximum atomic E-state index is 11.8. The van der Waals surface area contributed by atoms with Gasteiger partial charge in [-0.15, -0.1) is 0 Å². The van der Waals surface area contributed by atoms with Gasteiger partial charge in [-0.2, -0.15) is 0 Å². The molecule has 0 fully saturated rings. The Hall–Kier alpha value is -2.60. The van der Waals surface area contributed by atoms with Gasteiger partial charge in [0.1, 0.15) is 24.7 Å². The van der Waals surface area contributed by atoms with Crippen molar-refractivity contribution in [1.29, 1.82) is 0 Å². The minimum atomic E-state index is -0.104. The molecule has 0 aliphatic heterocycles. The fourth-order valence-corrected chi connectivity index (χ4v) is 2.45. The lowest BCUT2D eigenvalue weighted by Crippen LogP contribution is -2.34.